The first-order valence-corrected chi connectivity index (χ1v) is 7.03. The monoisotopic (exact) mass is 314 g/mol. The van der Waals surface area contributed by atoms with Crippen LogP contribution in [-0.2, 0) is 0 Å². The highest BCUT2D eigenvalue weighted by molar-refractivity contribution is 7.10. The summed E-state index contributed by atoms with van der Waals surface area (Å²) >= 11 is 6.95. The largest absolute Gasteiger partial charge is 0.386 e. The molecule has 2 rings (SSSR count). The molecule has 0 unspecified atom stereocenters. The van der Waals surface area contributed by atoms with E-state index in [1.165, 1.54) is 23.5 Å². The second-order valence-electron chi connectivity index (χ2n) is 4.00. The number of carbonyl (C=O) groups excluding carboxylic acids is 1. The Morgan fingerprint density at radius 2 is 2.25 bits per heavy atom. The lowest BCUT2D eigenvalue weighted by Crippen LogP contribution is -2.32. The lowest BCUT2D eigenvalue weighted by atomic mass is 10.3. The summed E-state index contributed by atoms with van der Waals surface area (Å²) in [6.07, 6.45) is -0.761. The van der Waals surface area contributed by atoms with Gasteiger partial charge in [-0.25, -0.2) is 9.18 Å². The molecule has 7 heteroatoms. The van der Waals surface area contributed by atoms with E-state index in [-0.39, 0.29) is 17.3 Å². The van der Waals surface area contributed by atoms with Crippen molar-refractivity contribution in [1.29, 1.82) is 0 Å². The van der Waals surface area contributed by atoms with Gasteiger partial charge in [0, 0.05) is 10.6 Å². The van der Waals surface area contributed by atoms with Gasteiger partial charge in [-0.2, -0.15) is 0 Å². The Morgan fingerprint density at radius 1 is 1.45 bits per heavy atom. The summed E-state index contributed by atoms with van der Waals surface area (Å²) < 4.78 is 13.2. The molecule has 3 N–H and O–H groups in total. The van der Waals surface area contributed by atoms with Crippen molar-refractivity contribution >= 4 is 34.7 Å². The number of aliphatic hydroxyl groups excluding tert-OH is 1. The van der Waals surface area contributed by atoms with Gasteiger partial charge in [-0.05, 0) is 29.6 Å². The van der Waals surface area contributed by atoms with Gasteiger partial charge in [-0.3, -0.25) is 0 Å². The molecule has 0 fully saturated rings. The number of carbonyl (C=O) groups is 1. The highest BCUT2D eigenvalue weighted by Crippen LogP contribution is 2.19. The molecule has 1 atom stereocenters. The number of rotatable bonds is 4. The average molecular weight is 315 g/mol. The lowest BCUT2D eigenvalue weighted by Gasteiger charge is -2.11. The maximum absolute atomic E-state index is 13.2. The molecule has 1 aromatic carbocycles. The summed E-state index contributed by atoms with van der Waals surface area (Å²) in [5.41, 5.74) is 0.287. The number of amides is 2. The number of halogens is 2. The van der Waals surface area contributed by atoms with Crippen LogP contribution in [0.3, 0.4) is 0 Å². The summed E-state index contributed by atoms with van der Waals surface area (Å²) in [7, 11) is 0. The van der Waals surface area contributed by atoms with E-state index >= 15 is 0 Å². The molecule has 0 aliphatic rings. The van der Waals surface area contributed by atoms with E-state index < -0.39 is 18.0 Å². The lowest BCUT2D eigenvalue weighted by molar-refractivity contribution is 0.178. The van der Waals surface area contributed by atoms with Gasteiger partial charge in [0.2, 0.25) is 0 Å². The Morgan fingerprint density at radius 3 is 2.90 bits per heavy atom. The SMILES string of the molecule is O=C(NC[C@H](O)c1cccs1)Nc1ccc(Cl)c(F)c1. The molecule has 0 bridgehead atoms. The molecular formula is C13H12ClFN2O2S. The Labute approximate surface area is 124 Å². The van der Waals surface area contributed by atoms with Crippen molar-refractivity contribution in [2.45, 2.75) is 6.10 Å². The van der Waals surface area contributed by atoms with E-state index in [1.807, 2.05) is 11.4 Å². The first-order chi connectivity index (χ1) is 9.56. The average Bonchev–Trinajstić information content (AvgIpc) is 2.94. The molecule has 2 aromatic rings. The zero-order chi connectivity index (χ0) is 14.5. The molecule has 0 aliphatic carbocycles. The Kier molecular flexibility index (Phi) is 4.94. The molecular weight excluding hydrogens is 303 g/mol. The van der Waals surface area contributed by atoms with E-state index in [9.17, 15) is 14.3 Å². The van der Waals surface area contributed by atoms with Crippen molar-refractivity contribution < 1.29 is 14.3 Å². The van der Waals surface area contributed by atoms with Gasteiger partial charge in [0.1, 0.15) is 11.9 Å². The van der Waals surface area contributed by atoms with Crippen LogP contribution in [0, 0.1) is 5.82 Å². The molecule has 0 aliphatic heterocycles. The van der Waals surface area contributed by atoms with E-state index in [0.29, 0.717) is 0 Å². The van der Waals surface area contributed by atoms with Crippen LogP contribution in [0.1, 0.15) is 11.0 Å². The normalized spacial score (nSPS) is 11.9. The van der Waals surface area contributed by atoms with Crippen molar-refractivity contribution in [3.05, 3.63) is 51.4 Å². The van der Waals surface area contributed by atoms with Crippen LogP contribution in [0.2, 0.25) is 5.02 Å². The highest BCUT2D eigenvalue weighted by Gasteiger charge is 2.10. The van der Waals surface area contributed by atoms with Crippen LogP contribution in [-0.4, -0.2) is 17.7 Å². The highest BCUT2D eigenvalue weighted by atomic mass is 35.5. The van der Waals surface area contributed by atoms with Crippen molar-refractivity contribution in [3.8, 4) is 0 Å². The number of hydrogen-bond acceptors (Lipinski definition) is 3. The van der Waals surface area contributed by atoms with E-state index in [2.05, 4.69) is 10.6 Å². The maximum Gasteiger partial charge on any atom is 0.319 e. The fourth-order valence-electron chi connectivity index (χ4n) is 1.52. The van der Waals surface area contributed by atoms with Crippen molar-refractivity contribution in [2.24, 2.45) is 0 Å². The predicted octanol–water partition coefficient (Wildman–Crippen LogP) is 3.40. The van der Waals surface area contributed by atoms with Crippen LogP contribution in [0.4, 0.5) is 14.9 Å². The number of anilines is 1. The fourth-order valence-corrected chi connectivity index (χ4v) is 2.35. The van der Waals surface area contributed by atoms with Gasteiger partial charge in [-0.1, -0.05) is 17.7 Å². The summed E-state index contributed by atoms with van der Waals surface area (Å²) in [5, 5.41) is 16.6. The van der Waals surface area contributed by atoms with Crippen molar-refractivity contribution in [1.82, 2.24) is 5.32 Å². The van der Waals surface area contributed by atoms with E-state index in [0.717, 1.165) is 10.9 Å². The minimum atomic E-state index is -0.761. The van der Waals surface area contributed by atoms with Crippen LogP contribution < -0.4 is 10.6 Å². The Bertz CT molecular complexity index is 592. The number of benzene rings is 1. The minimum Gasteiger partial charge on any atom is -0.386 e. The van der Waals surface area contributed by atoms with Gasteiger partial charge >= 0.3 is 6.03 Å². The predicted molar refractivity (Wildman–Crippen MR) is 77.7 cm³/mol. The third-order valence-corrected chi connectivity index (χ3v) is 3.79. The second-order valence-corrected chi connectivity index (χ2v) is 5.38. The summed E-state index contributed by atoms with van der Waals surface area (Å²) in [5.74, 6) is -0.608. The summed E-state index contributed by atoms with van der Waals surface area (Å²) in [6.45, 7) is 0.0718. The molecule has 0 spiro atoms. The van der Waals surface area contributed by atoms with Crippen molar-refractivity contribution in [3.63, 3.8) is 0 Å². The van der Waals surface area contributed by atoms with Gasteiger partial charge in [0.25, 0.3) is 0 Å². The molecule has 1 heterocycles. The van der Waals surface area contributed by atoms with E-state index in [4.69, 9.17) is 11.6 Å². The topological polar surface area (TPSA) is 61.4 Å². The zero-order valence-corrected chi connectivity index (χ0v) is 11.8. The van der Waals surface area contributed by atoms with Crippen LogP contribution in [0.25, 0.3) is 0 Å². The summed E-state index contributed by atoms with van der Waals surface area (Å²) in [6, 6.07) is 7.04. The first-order valence-electron chi connectivity index (χ1n) is 5.77. The molecule has 2 amide bonds. The molecule has 106 valence electrons. The quantitative estimate of drug-likeness (QED) is 0.810. The standard InChI is InChI=1S/C13H12ClFN2O2S/c14-9-4-3-8(6-10(9)15)17-13(19)16-7-11(18)12-2-1-5-20-12/h1-6,11,18H,7H2,(H2,16,17,19)/t11-/m0/s1. The van der Waals surface area contributed by atoms with Gasteiger partial charge < -0.3 is 15.7 Å². The number of aliphatic hydroxyl groups is 1. The van der Waals surface area contributed by atoms with E-state index in [1.54, 1.807) is 6.07 Å². The molecule has 1 aromatic heterocycles. The molecule has 0 radical (unpaired) electrons. The number of nitrogens with one attached hydrogen (secondary N) is 2. The zero-order valence-electron chi connectivity index (χ0n) is 10.3. The van der Waals surface area contributed by atoms with Gasteiger partial charge in [-0.15, -0.1) is 11.3 Å². The van der Waals surface area contributed by atoms with Crippen molar-refractivity contribution in [2.75, 3.05) is 11.9 Å². The maximum atomic E-state index is 13.2. The van der Waals surface area contributed by atoms with Crippen LogP contribution in [0.15, 0.2) is 35.7 Å². The van der Waals surface area contributed by atoms with Crippen LogP contribution >= 0.6 is 22.9 Å². The Hall–Kier alpha value is -1.63. The molecule has 4 nitrogen and oxygen atoms in total. The Balaban J connectivity index is 1.85. The third kappa shape index (κ3) is 3.93. The first kappa shape index (κ1) is 14.8. The van der Waals surface area contributed by atoms with Gasteiger partial charge in [0.15, 0.2) is 0 Å². The third-order valence-electron chi connectivity index (χ3n) is 2.51. The number of urea groups is 1. The smallest absolute Gasteiger partial charge is 0.319 e. The van der Waals surface area contributed by atoms with Crippen LogP contribution in [0.5, 0.6) is 0 Å². The molecule has 0 saturated heterocycles. The number of thiophene rings is 1. The summed E-state index contributed by atoms with van der Waals surface area (Å²) in [4.78, 5) is 12.4. The molecule has 20 heavy (non-hydrogen) atoms. The second kappa shape index (κ2) is 6.69. The fraction of sp³-hybridized carbons (Fsp3) is 0.154. The minimum absolute atomic E-state index is 0.0101. The number of hydrogen-bond donors (Lipinski definition) is 3. The molecule has 0 saturated carbocycles. The van der Waals surface area contributed by atoms with Gasteiger partial charge in [0.05, 0.1) is 11.6 Å².